The average Bonchev–Trinajstić information content (AvgIpc) is 2.45. The number of nitrogens with zero attached hydrogens (tertiary/aromatic N) is 1. The van der Waals surface area contributed by atoms with Crippen molar-refractivity contribution in [3.63, 3.8) is 0 Å². The topological polar surface area (TPSA) is 81.9 Å². The number of carbonyl (C=O) groups is 2. The van der Waals surface area contributed by atoms with Gasteiger partial charge >= 0.3 is 5.97 Å². The Morgan fingerprint density at radius 1 is 1.85 bits per heavy atom. The highest BCUT2D eigenvalue weighted by Gasteiger charge is 2.36. The van der Waals surface area contributed by atoms with E-state index in [9.17, 15) is 9.59 Å². The Hall–Kier alpha value is -1.14. The molecule has 0 aromatic heterocycles. The fourth-order valence-corrected chi connectivity index (χ4v) is 1.03. The molecule has 1 heterocycles. The average molecular weight is 188 g/mol. The van der Waals surface area contributed by atoms with E-state index < -0.39 is 24.0 Å². The maximum absolute atomic E-state index is 11.2. The van der Waals surface area contributed by atoms with Crippen molar-refractivity contribution in [1.29, 1.82) is 0 Å². The summed E-state index contributed by atoms with van der Waals surface area (Å²) in [4.78, 5) is 27.2. The summed E-state index contributed by atoms with van der Waals surface area (Å²) in [6.45, 7) is 1.63. The highest BCUT2D eigenvalue weighted by Crippen LogP contribution is 2.11. The van der Waals surface area contributed by atoms with Crippen molar-refractivity contribution in [2.75, 3.05) is 13.7 Å². The molecule has 0 radical (unpaired) electrons. The first-order valence-electron chi connectivity index (χ1n) is 3.87. The number of amides is 1. The molecule has 13 heavy (non-hydrogen) atoms. The summed E-state index contributed by atoms with van der Waals surface area (Å²) in [5.41, 5.74) is 5.38. The first kappa shape index (κ1) is 9.94. The van der Waals surface area contributed by atoms with Gasteiger partial charge in [0.2, 0.25) is 0 Å². The first-order chi connectivity index (χ1) is 6.07. The van der Waals surface area contributed by atoms with Crippen LogP contribution in [0.4, 0.5) is 0 Å². The molecular weight excluding hydrogens is 176 g/mol. The van der Waals surface area contributed by atoms with Crippen molar-refractivity contribution in [1.82, 2.24) is 5.06 Å². The quantitative estimate of drug-likeness (QED) is 0.542. The highest BCUT2D eigenvalue weighted by atomic mass is 16.7. The molecule has 1 aliphatic heterocycles. The van der Waals surface area contributed by atoms with E-state index in [1.165, 1.54) is 14.0 Å². The molecule has 2 N–H and O–H groups in total. The van der Waals surface area contributed by atoms with Crippen molar-refractivity contribution < 1.29 is 19.2 Å². The van der Waals surface area contributed by atoms with Crippen molar-refractivity contribution in [3.05, 3.63) is 0 Å². The van der Waals surface area contributed by atoms with E-state index in [-0.39, 0.29) is 6.61 Å². The second-order valence-corrected chi connectivity index (χ2v) is 2.77. The zero-order chi connectivity index (χ0) is 10.0. The summed E-state index contributed by atoms with van der Waals surface area (Å²) >= 11 is 0. The van der Waals surface area contributed by atoms with E-state index in [1.807, 2.05) is 0 Å². The first-order valence-corrected chi connectivity index (χ1v) is 3.87. The smallest absolute Gasteiger partial charge is 0.330 e. The Kier molecular flexibility index (Phi) is 2.84. The van der Waals surface area contributed by atoms with E-state index in [1.54, 1.807) is 0 Å². The zero-order valence-electron chi connectivity index (χ0n) is 7.52. The van der Waals surface area contributed by atoms with Gasteiger partial charge in [0.1, 0.15) is 6.04 Å². The van der Waals surface area contributed by atoms with Gasteiger partial charge in [-0.3, -0.25) is 9.63 Å². The van der Waals surface area contributed by atoms with Gasteiger partial charge in [-0.1, -0.05) is 0 Å². The van der Waals surface area contributed by atoms with Crippen LogP contribution in [0.3, 0.4) is 0 Å². The molecule has 0 saturated carbocycles. The van der Waals surface area contributed by atoms with Gasteiger partial charge in [-0.2, -0.15) is 0 Å². The second-order valence-electron chi connectivity index (χ2n) is 2.77. The lowest BCUT2D eigenvalue weighted by Crippen LogP contribution is -2.43. The second kappa shape index (κ2) is 3.71. The van der Waals surface area contributed by atoms with Crippen LogP contribution in [0.2, 0.25) is 0 Å². The van der Waals surface area contributed by atoms with Crippen LogP contribution in [0.5, 0.6) is 0 Å². The van der Waals surface area contributed by atoms with Crippen LogP contribution in [-0.2, 0) is 19.2 Å². The summed E-state index contributed by atoms with van der Waals surface area (Å²) < 4.78 is 4.45. The molecule has 1 saturated heterocycles. The molecule has 74 valence electrons. The minimum Gasteiger partial charge on any atom is -0.467 e. The molecule has 1 amide bonds. The van der Waals surface area contributed by atoms with Gasteiger partial charge in [0.05, 0.1) is 13.7 Å². The van der Waals surface area contributed by atoms with E-state index in [4.69, 9.17) is 10.6 Å². The number of hydrogen-bond acceptors (Lipinski definition) is 5. The Bertz CT molecular complexity index is 231. The maximum atomic E-state index is 11.2. The van der Waals surface area contributed by atoms with Crippen molar-refractivity contribution in [2.45, 2.75) is 19.0 Å². The lowest BCUT2D eigenvalue weighted by Gasteiger charge is -2.19. The molecule has 2 atom stereocenters. The van der Waals surface area contributed by atoms with Gasteiger partial charge in [0.15, 0.2) is 6.04 Å². The number of esters is 1. The van der Waals surface area contributed by atoms with Crippen molar-refractivity contribution >= 4 is 11.9 Å². The Morgan fingerprint density at radius 2 is 2.46 bits per heavy atom. The molecule has 0 bridgehead atoms. The van der Waals surface area contributed by atoms with E-state index in [0.29, 0.717) is 0 Å². The molecule has 1 rings (SSSR count). The van der Waals surface area contributed by atoms with Crippen LogP contribution in [0.15, 0.2) is 0 Å². The maximum Gasteiger partial charge on any atom is 0.330 e. The van der Waals surface area contributed by atoms with Crippen LogP contribution >= 0.6 is 0 Å². The lowest BCUT2D eigenvalue weighted by molar-refractivity contribution is -0.185. The monoisotopic (exact) mass is 188 g/mol. The number of ether oxygens (including phenoxy) is 1. The van der Waals surface area contributed by atoms with E-state index >= 15 is 0 Å². The van der Waals surface area contributed by atoms with E-state index in [0.717, 1.165) is 5.06 Å². The minimum atomic E-state index is -0.744. The molecule has 0 spiro atoms. The largest absolute Gasteiger partial charge is 0.467 e. The Morgan fingerprint density at radius 3 is 2.85 bits per heavy atom. The summed E-state index contributed by atoms with van der Waals surface area (Å²) in [7, 11) is 1.25. The molecule has 6 nitrogen and oxygen atoms in total. The molecule has 2 unspecified atom stereocenters. The van der Waals surface area contributed by atoms with Gasteiger partial charge in [0.25, 0.3) is 5.91 Å². The summed E-state index contributed by atoms with van der Waals surface area (Å²) in [5, 5.41) is 0.955. The molecule has 0 aliphatic carbocycles. The van der Waals surface area contributed by atoms with Gasteiger partial charge in [-0.25, -0.2) is 9.86 Å². The SMILES string of the molecule is COC(=O)C(C)N1OCC(N)C1=O. The summed E-state index contributed by atoms with van der Waals surface area (Å²) in [6, 6.07) is -1.42. The number of hydrogen-bond donors (Lipinski definition) is 1. The van der Waals surface area contributed by atoms with Gasteiger partial charge in [-0.05, 0) is 6.92 Å². The van der Waals surface area contributed by atoms with Crippen molar-refractivity contribution in [3.8, 4) is 0 Å². The molecular formula is C7H12N2O4. The van der Waals surface area contributed by atoms with Crippen LogP contribution in [0.1, 0.15) is 6.92 Å². The molecule has 0 aromatic carbocycles. The van der Waals surface area contributed by atoms with Gasteiger partial charge in [-0.15, -0.1) is 0 Å². The third-order valence-electron chi connectivity index (χ3n) is 1.82. The normalized spacial score (nSPS) is 24.7. The van der Waals surface area contributed by atoms with Crippen LogP contribution in [0.25, 0.3) is 0 Å². The zero-order valence-corrected chi connectivity index (χ0v) is 7.52. The Balaban J connectivity index is 2.63. The number of hydroxylamine groups is 2. The number of carbonyl (C=O) groups excluding carboxylic acids is 2. The fraction of sp³-hybridized carbons (Fsp3) is 0.714. The minimum absolute atomic E-state index is 0.111. The van der Waals surface area contributed by atoms with Gasteiger partial charge in [0, 0.05) is 0 Å². The number of rotatable bonds is 2. The highest BCUT2D eigenvalue weighted by molar-refractivity contribution is 5.87. The number of methoxy groups -OCH3 is 1. The number of nitrogens with two attached hydrogens (primary N) is 1. The third kappa shape index (κ3) is 1.78. The van der Waals surface area contributed by atoms with Gasteiger partial charge < -0.3 is 10.5 Å². The van der Waals surface area contributed by atoms with Crippen molar-refractivity contribution in [2.24, 2.45) is 5.73 Å². The predicted octanol–water partition coefficient (Wildman–Crippen LogP) is -1.35. The fourth-order valence-electron chi connectivity index (χ4n) is 1.03. The third-order valence-corrected chi connectivity index (χ3v) is 1.82. The Labute approximate surface area is 75.5 Å². The molecule has 6 heteroatoms. The van der Waals surface area contributed by atoms with Crippen LogP contribution < -0.4 is 5.73 Å². The lowest BCUT2D eigenvalue weighted by atomic mass is 10.3. The summed E-state index contributed by atoms with van der Waals surface area (Å²) in [6.07, 6.45) is 0. The molecule has 1 aliphatic rings. The van der Waals surface area contributed by atoms with Crippen LogP contribution in [0, 0.1) is 0 Å². The predicted molar refractivity (Wildman–Crippen MR) is 42.3 cm³/mol. The summed E-state index contributed by atoms with van der Waals surface area (Å²) in [5.74, 6) is -0.916. The standard InChI is InChI=1S/C7H12N2O4/c1-4(7(11)12-2)9-6(10)5(8)3-13-9/h4-5H,3,8H2,1-2H3. The molecule has 0 aromatic rings. The van der Waals surface area contributed by atoms with E-state index in [2.05, 4.69) is 4.74 Å². The molecule has 1 fully saturated rings. The van der Waals surface area contributed by atoms with Crippen LogP contribution in [-0.4, -0.2) is 42.7 Å².